The summed E-state index contributed by atoms with van der Waals surface area (Å²) in [4.78, 5) is 14.3. The molecule has 0 aromatic rings. The molecule has 114 valence electrons. The van der Waals surface area contributed by atoms with Crippen LogP contribution in [0.15, 0.2) is 12.2 Å². The number of carbonyl (C=O) groups excluding carboxylic acids is 1. The summed E-state index contributed by atoms with van der Waals surface area (Å²) in [5, 5.41) is 3.16. The van der Waals surface area contributed by atoms with E-state index in [0.29, 0.717) is 6.04 Å². The molecule has 3 heteroatoms. The Morgan fingerprint density at radius 1 is 1.20 bits per heavy atom. The van der Waals surface area contributed by atoms with Gasteiger partial charge in [-0.3, -0.25) is 9.69 Å². The van der Waals surface area contributed by atoms with E-state index in [9.17, 15) is 4.79 Å². The summed E-state index contributed by atoms with van der Waals surface area (Å²) >= 11 is 0. The fourth-order valence-electron chi connectivity index (χ4n) is 3.45. The molecule has 2 aliphatic rings. The van der Waals surface area contributed by atoms with Crippen LogP contribution in [0.4, 0.5) is 0 Å². The lowest BCUT2D eigenvalue weighted by Crippen LogP contribution is -2.37. The van der Waals surface area contributed by atoms with Crippen molar-refractivity contribution in [2.24, 2.45) is 11.8 Å². The van der Waals surface area contributed by atoms with Crippen molar-refractivity contribution in [3.8, 4) is 0 Å². The molecule has 2 fully saturated rings. The molecule has 0 unspecified atom stereocenters. The van der Waals surface area contributed by atoms with Crippen LogP contribution >= 0.6 is 0 Å². The second-order valence-corrected chi connectivity index (χ2v) is 6.77. The van der Waals surface area contributed by atoms with E-state index < -0.39 is 0 Å². The van der Waals surface area contributed by atoms with E-state index in [1.807, 2.05) is 6.08 Å². The summed E-state index contributed by atoms with van der Waals surface area (Å²) in [5.74, 6) is 1.73. The van der Waals surface area contributed by atoms with Crippen LogP contribution in [-0.2, 0) is 4.79 Å². The summed E-state index contributed by atoms with van der Waals surface area (Å²) in [5.41, 5.74) is 0. The zero-order valence-electron chi connectivity index (χ0n) is 13.1. The molecule has 2 rings (SSSR count). The van der Waals surface area contributed by atoms with Gasteiger partial charge in [0.2, 0.25) is 5.91 Å². The van der Waals surface area contributed by atoms with Crippen LogP contribution in [0.1, 0.15) is 52.4 Å². The Balaban J connectivity index is 1.63. The Bertz CT molecular complexity index is 324. The van der Waals surface area contributed by atoms with E-state index in [0.717, 1.165) is 31.2 Å². The molecule has 0 aromatic carbocycles. The van der Waals surface area contributed by atoms with Crippen LogP contribution in [-0.4, -0.2) is 36.5 Å². The minimum Gasteiger partial charge on any atom is -0.350 e. The molecule has 0 spiro atoms. The van der Waals surface area contributed by atoms with E-state index in [4.69, 9.17) is 0 Å². The second kappa shape index (κ2) is 7.82. The summed E-state index contributed by atoms with van der Waals surface area (Å²) in [7, 11) is 0. The highest BCUT2D eigenvalue weighted by Crippen LogP contribution is 2.29. The lowest BCUT2D eigenvalue weighted by Gasteiger charge is -2.31. The van der Waals surface area contributed by atoms with Gasteiger partial charge in [0.15, 0.2) is 0 Å². The van der Waals surface area contributed by atoms with Gasteiger partial charge in [-0.1, -0.05) is 19.9 Å². The third kappa shape index (κ3) is 4.93. The third-order valence-corrected chi connectivity index (χ3v) is 4.89. The molecule has 20 heavy (non-hydrogen) atoms. The lowest BCUT2D eigenvalue weighted by atomic mass is 9.80. The predicted molar refractivity (Wildman–Crippen MR) is 83.5 cm³/mol. The molecule has 1 amide bonds. The average molecular weight is 278 g/mol. The highest BCUT2D eigenvalue weighted by Gasteiger charge is 2.23. The summed E-state index contributed by atoms with van der Waals surface area (Å²) in [6.45, 7) is 7.92. The van der Waals surface area contributed by atoms with Crippen molar-refractivity contribution in [1.82, 2.24) is 10.2 Å². The zero-order valence-corrected chi connectivity index (χ0v) is 13.1. The number of rotatable bonds is 5. The van der Waals surface area contributed by atoms with Gasteiger partial charge in [-0.05, 0) is 63.5 Å². The number of nitrogens with zero attached hydrogens (tertiary/aromatic N) is 1. The summed E-state index contributed by atoms with van der Waals surface area (Å²) in [6, 6.07) is 0.397. The smallest absolute Gasteiger partial charge is 0.243 e. The summed E-state index contributed by atoms with van der Waals surface area (Å²) in [6.07, 6.45) is 11.2. The standard InChI is InChI=1S/C17H30N2O/c1-14(2)15-7-9-16(10-8-15)18-17(20)6-5-13-19-11-3-4-12-19/h5-6,14-16H,3-4,7-13H2,1-2H3,(H,18,20)/b6-5+. The van der Waals surface area contributed by atoms with Gasteiger partial charge in [0.25, 0.3) is 0 Å². The molecule has 3 nitrogen and oxygen atoms in total. The molecule has 0 radical (unpaired) electrons. The quantitative estimate of drug-likeness (QED) is 0.784. The Hall–Kier alpha value is -0.830. The van der Waals surface area contributed by atoms with Crippen molar-refractivity contribution >= 4 is 5.91 Å². The van der Waals surface area contributed by atoms with Crippen LogP contribution < -0.4 is 5.32 Å². The van der Waals surface area contributed by atoms with Crippen LogP contribution in [0.2, 0.25) is 0 Å². The Kier molecular flexibility index (Phi) is 6.08. The first-order valence-corrected chi connectivity index (χ1v) is 8.34. The highest BCUT2D eigenvalue weighted by molar-refractivity contribution is 5.87. The van der Waals surface area contributed by atoms with Gasteiger partial charge in [0.05, 0.1) is 0 Å². The molecule has 1 N–H and O–H groups in total. The molecule has 1 saturated carbocycles. The van der Waals surface area contributed by atoms with Crippen LogP contribution in [0.3, 0.4) is 0 Å². The minimum absolute atomic E-state index is 0.0946. The minimum atomic E-state index is 0.0946. The Morgan fingerprint density at radius 3 is 2.45 bits per heavy atom. The van der Waals surface area contributed by atoms with Gasteiger partial charge in [-0.2, -0.15) is 0 Å². The molecular weight excluding hydrogens is 248 g/mol. The van der Waals surface area contributed by atoms with Crippen molar-refractivity contribution in [3.05, 3.63) is 12.2 Å². The van der Waals surface area contributed by atoms with Crippen molar-refractivity contribution in [2.75, 3.05) is 19.6 Å². The number of amides is 1. The van der Waals surface area contributed by atoms with Crippen LogP contribution in [0.25, 0.3) is 0 Å². The normalized spacial score (nSPS) is 28.4. The van der Waals surface area contributed by atoms with Crippen LogP contribution in [0, 0.1) is 11.8 Å². The number of hydrogen-bond acceptors (Lipinski definition) is 2. The first-order valence-electron chi connectivity index (χ1n) is 8.34. The Morgan fingerprint density at radius 2 is 1.85 bits per heavy atom. The van der Waals surface area contributed by atoms with Gasteiger partial charge < -0.3 is 5.32 Å². The van der Waals surface area contributed by atoms with E-state index in [2.05, 4.69) is 24.1 Å². The van der Waals surface area contributed by atoms with Crippen molar-refractivity contribution < 1.29 is 4.79 Å². The van der Waals surface area contributed by atoms with E-state index in [-0.39, 0.29) is 5.91 Å². The fraction of sp³-hybridized carbons (Fsp3) is 0.824. The maximum absolute atomic E-state index is 11.9. The van der Waals surface area contributed by atoms with Crippen molar-refractivity contribution in [3.63, 3.8) is 0 Å². The van der Waals surface area contributed by atoms with Gasteiger partial charge in [-0.25, -0.2) is 0 Å². The monoisotopic (exact) mass is 278 g/mol. The topological polar surface area (TPSA) is 32.3 Å². The molecule has 0 aromatic heterocycles. The van der Waals surface area contributed by atoms with E-state index >= 15 is 0 Å². The number of likely N-dealkylation sites (tertiary alicyclic amines) is 1. The molecule has 0 bridgehead atoms. The largest absolute Gasteiger partial charge is 0.350 e. The zero-order chi connectivity index (χ0) is 14.4. The maximum Gasteiger partial charge on any atom is 0.243 e. The first kappa shape index (κ1) is 15.6. The third-order valence-electron chi connectivity index (χ3n) is 4.89. The van der Waals surface area contributed by atoms with Crippen molar-refractivity contribution in [1.29, 1.82) is 0 Å². The van der Waals surface area contributed by atoms with Gasteiger partial charge in [0, 0.05) is 18.7 Å². The van der Waals surface area contributed by atoms with E-state index in [1.54, 1.807) is 6.08 Å². The highest BCUT2D eigenvalue weighted by atomic mass is 16.1. The van der Waals surface area contributed by atoms with Crippen LogP contribution in [0.5, 0.6) is 0 Å². The van der Waals surface area contributed by atoms with E-state index in [1.165, 1.54) is 38.8 Å². The van der Waals surface area contributed by atoms with Gasteiger partial charge >= 0.3 is 0 Å². The molecule has 1 aliphatic carbocycles. The molecular formula is C17H30N2O. The molecule has 0 atom stereocenters. The van der Waals surface area contributed by atoms with Gasteiger partial charge in [-0.15, -0.1) is 0 Å². The number of hydrogen-bond donors (Lipinski definition) is 1. The average Bonchev–Trinajstić information content (AvgIpc) is 2.92. The first-order chi connectivity index (χ1) is 9.65. The maximum atomic E-state index is 11.9. The number of nitrogens with one attached hydrogen (secondary N) is 1. The predicted octanol–water partition coefficient (Wildman–Crippen LogP) is 2.97. The molecule has 1 heterocycles. The summed E-state index contributed by atoms with van der Waals surface area (Å²) < 4.78 is 0. The lowest BCUT2D eigenvalue weighted by molar-refractivity contribution is -0.117. The molecule has 1 saturated heterocycles. The SMILES string of the molecule is CC(C)C1CCC(NC(=O)/C=C/CN2CCCC2)CC1. The van der Waals surface area contributed by atoms with Crippen molar-refractivity contribution in [2.45, 2.75) is 58.4 Å². The molecule has 1 aliphatic heterocycles. The Labute approximate surface area is 123 Å². The number of carbonyl (C=O) groups is 1. The fourth-order valence-corrected chi connectivity index (χ4v) is 3.45. The van der Waals surface area contributed by atoms with Gasteiger partial charge in [0.1, 0.15) is 0 Å². The second-order valence-electron chi connectivity index (χ2n) is 6.77.